The maximum atomic E-state index is 10.6. The Bertz CT molecular complexity index is 412. The Labute approximate surface area is 121 Å². The standard InChI is InChI=1S/C16H25NO3/c1-16(2,8-9-20-3)12-17-11-14-6-4-13(5-7-14)10-15(18)19/h4-7,17H,8-12H2,1-3H3,(H,18,19). The first kappa shape index (κ1) is 16.7. The van der Waals surface area contributed by atoms with Crippen molar-refractivity contribution in [3.05, 3.63) is 35.4 Å². The van der Waals surface area contributed by atoms with Gasteiger partial charge in [-0.25, -0.2) is 0 Å². The molecule has 1 aromatic carbocycles. The summed E-state index contributed by atoms with van der Waals surface area (Å²) in [6.45, 7) is 6.93. The van der Waals surface area contributed by atoms with Crippen molar-refractivity contribution in [3.8, 4) is 0 Å². The van der Waals surface area contributed by atoms with Gasteiger partial charge in [-0.3, -0.25) is 4.79 Å². The van der Waals surface area contributed by atoms with E-state index in [0.717, 1.165) is 31.7 Å². The summed E-state index contributed by atoms with van der Waals surface area (Å²) < 4.78 is 5.11. The monoisotopic (exact) mass is 279 g/mol. The third-order valence-corrected chi connectivity index (χ3v) is 3.29. The van der Waals surface area contributed by atoms with Crippen LogP contribution in [0.5, 0.6) is 0 Å². The molecule has 112 valence electrons. The zero-order valence-corrected chi connectivity index (χ0v) is 12.6. The number of hydrogen-bond donors (Lipinski definition) is 2. The summed E-state index contributed by atoms with van der Waals surface area (Å²) in [6.07, 6.45) is 1.10. The van der Waals surface area contributed by atoms with Gasteiger partial charge in [0.1, 0.15) is 0 Å². The van der Waals surface area contributed by atoms with E-state index in [2.05, 4.69) is 19.2 Å². The van der Waals surface area contributed by atoms with Gasteiger partial charge in [-0.2, -0.15) is 0 Å². The van der Waals surface area contributed by atoms with Gasteiger partial charge in [-0.1, -0.05) is 38.1 Å². The van der Waals surface area contributed by atoms with E-state index in [1.807, 2.05) is 24.3 Å². The minimum atomic E-state index is -0.796. The molecule has 0 radical (unpaired) electrons. The molecule has 0 saturated carbocycles. The van der Waals surface area contributed by atoms with Crippen LogP contribution in [-0.2, 0) is 22.5 Å². The van der Waals surface area contributed by atoms with Gasteiger partial charge < -0.3 is 15.2 Å². The Morgan fingerprint density at radius 3 is 2.40 bits per heavy atom. The molecule has 20 heavy (non-hydrogen) atoms. The molecule has 0 unspecified atom stereocenters. The van der Waals surface area contributed by atoms with Crippen LogP contribution in [0.15, 0.2) is 24.3 Å². The summed E-state index contributed by atoms with van der Waals surface area (Å²) in [5.74, 6) is -0.796. The summed E-state index contributed by atoms with van der Waals surface area (Å²) in [4.78, 5) is 10.6. The molecule has 0 fully saturated rings. The van der Waals surface area contributed by atoms with Gasteiger partial charge >= 0.3 is 5.97 Å². The lowest BCUT2D eigenvalue weighted by atomic mass is 9.89. The molecule has 0 aliphatic carbocycles. The average molecular weight is 279 g/mol. The summed E-state index contributed by atoms with van der Waals surface area (Å²) >= 11 is 0. The first-order valence-corrected chi connectivity index (χ1v) is 6.92. The van der Waals surface area contributed by atoms with Crippen molar-refractivity contribution in [2.45, 2.75) is 33.2 Å². The van der Waals surface area contributed by atoms with E-state index in [-0.39, 0.29) is 11.8 Å². The Morgan fingerprint density at radius 1 is 1.25 bits per heavy atom. The van der Waals surface area contributed by atoms with Crippen LogP contribution in [-0.4, -0.2) is 31.3 Å². The van der Waals surface area contributed by atoms with Crippen molar-refractivity contribution < 1.29 is 14.6 Å². The third-order valence-electron chi connectivity index (χ3n) is 3.29. The Hall–Kier alpha value is -1.39. The number of benzene rings is 1. The molecular formula is C16H25NO3. The van der Waals surface area contributed by atoms with Crippen LogP contribution in [0.2, 0.25) is 0 Å². The van der Waals surface area contributed by atoms with Gasteiger partial charge in [-0.15, -0.1) is 0 Å². The highest BCUT2D eigenvalue weighted by Crippen LogP contribution is 2.18. The molecule has 2 N–H and O–H groups in total. The molecule has 0 bridgehead atoms. The summed E-state index contributed by atoms with van der Waals surface area (Å²) in [5, 5.41) is 12.2. The van der Waals surface area contributed by atoms with Gasteiger partial charge in [-0.05, 0) is 23.0 Å². The van der Waals surface area contributed by atoms with Crippen molar-refractivity contribution in [1.82, 2.24) is 5.32 Å². The summed E-state index contributed by atoms with van der Waals surface area (Å²) in [5.41, 5.74) is 2.21. The van der Waals surface area contributed by atoms with E-state index in [0.29, 0.717) is 0 Å². The molecule has 0 atom stereocenters. The number of carboxylic acid groups (broad SMARTS) is 1. The summed E-state index contributed by atoms with van der Waals surface area (Å²) in [7, 11) is 1.72. The third kappa shape index (κ3) is 6.68. The Kier molecular flexibility index (Phi) is 6.68. The molecule has 4 nitrogen and oxygen atoms in total. The predicted molar refractivity (Wildman–Crippen MR) is 79.8 cm³/mol. The molecule has 0 aromatic heterocycles. The minimum Gasteiger partial charge on any atom is -0.481 e. The molecule has 0 spiro atoms. The maximum Gasteiger partial charge on any atom is 0.307 e. The van der Waals surface area contributed by atoms with Gasteiger partial charge in [0.2, 0.25) is 0 Å². The van der Waals surface area contributed by atoms with Crippen LogP contribution >= 0.6 is 0 Å². The number of nitrogens with one attached hydrogen (secondary N) is 1. The molecule has 0 heterocycles. The number of carboxylic acids is 1. The fraction of sp³-hybridized carbons (Fsp3) is 0.562. The maximum absolute atomic E-state index is 10.6. The highest BCUT2D eigenvalue weighted by Gasteiger charge is 2.16. The quantitative estimate of drug-likeness (QED) is 0.729. The smallest absolute Gasteiger partial charge is 0.307 e. The zero-order valence-electron chi connectivity index (χ0n) is 12.6. The van der Waals surface area contributed by atoms with E-state index in [4.69, 9.17) is 9.84 Å². The molecular weight excluding hydrogens is 254 g/mol. The highest BCUT2D eigenvalue weighted by atomic mass is 16.5. The van der Waals surface area contributed by atoms with E-state index < -0.39 is 5.97 Å². The highest BCUT2D eigenvalue weighted by molar-refractivity contribution is 5.70. The van der Waals surface area contributed by atoms with Crippen molar-refractivity contribution in [2.24, 2.45) is 5.41 Å². The SMILES string of the molecule is COCCC(C)(C)CNCc1ccc(CC(=O)O)cc1. The number of hydrogen-bond acceptors (Lipinski definition) is 3. The fourth-order valence-electron chi connectivity index (χ4n) is 1.96. The number of methoxy groups -OCH3 is 1. The second kappa shape index (κ2) is 8.02. The van der Waals surface area contributed by atoms with Gasteiger partial charge in [0.15, 0.2) is 0 Å². The Balaban J connectivity index is 2.36. The van der Waals surface area contributed by atoms with Crippen molar-refractivity contribution >= 4 is 5.97 Å². The van der Waals surface area contributed by atoms with Crippen LogP contribution in [0.25, 0.3) is 0 Å². The van der Waals surface area contributed by atoms with Crippen LogP contribution < -0.4 is 5.32 Å². The van der Waals surface area contributed by atoms with Crippen molar-refractivity contribution in [2.75, 3.05) is 20.3 Å². The average Bonchev–Trinajstić information content (AvgIpc) is 2.38. The lowest BCUT2D eigenvalue weighted by Gasteiger charge is -2.24. The van der Waals surface area contributed by atoms with Gasteiger partial charge in [0.25, 0.3) is 0 Å². The van der Waals surface area contributed by atoms with E-state index in [1.165, 1.54) is 5.56 Å². The number of aliphatic carboxylic acids is 1. The fourth-order valence-corrected chi connectivity index (χ4v) is 1.96. The predicted octanol–water partition coefficient (Wildman–Crippen LogP) is 2.47. The largest absolute Gasteiger partial charge is 0.481 e. The van der Waals surface area contributed by atoms with Crippen LogP contribution in [0.3, 0.4) is 0 Å². The number of rotatable bonds is 9. The van der Waals surface area contributed by atoms with E-state index >= 15 is 0 Å². The molecule has 0 saturated heterocycles. The minimum absolute atomic E-state index is 0.0811. The number of carbonyl (C=O) groups is 1. The molecule has 4 heteroatoms. The van der Waals surface area contributed by atoms with E-state index in [1.54, 1.807) is 7.11 Å². The van der Waals surface area contributed by atoms with Gasteiger partial charge in [0, 0.05) is 26.8 Å². The van der Waals surface area contributed by atoms with Crippen LogP contribution in [0.1, 0.15) is 31.4 Å². The topological polar surface area (TPSA) is 58.6 Å². The molecule has 0 aliphatic rings. The number of ether oxygens (including phenoxy) is 1. The lowest BCUT2D eigenvalue weighted by molar-refractivity contribution is -0.136. The Morgan fingerprint density at radius 2 is 1.85 bits per heavy atom. The molecule has 0 aliphatic heterocycles. The zero-order chi connectivity index (χ0) is 15.0. The first-order chi connectivity index (χ1) is 9.43. The first-order valence-electron chi connectivity index (χ1n) is 6.92. The van der Waals surface area contributed by atoms with E-state index in [9.17, 15) is 4.79 Å². The van der Waals surface area contributed by atoms with Gasteiger partial charge in [0.05, 0.1) is 6.42 Å². The normalized spacial score (nSPS) is 11.6. The summed E-state index contributed by atoms with van der Waals surface area (Å²) in [6, 6.07) is 7.71. The second-order valence-corrected chi connectivity index (χ2v) is 5.90. The molecule has 1 rings (SSSR count). The van der Waals surface area contributed by atoms with Crippen molar-refractivity contribution in [3.63, 3.8) is 0 Å². The second-order valence-electron chi connectivity index (χ2n) is 5.90. The lowest BCUT2D eigenvalue weighted by Crippen LogP contribution is -2.30. The van der Waals surface area contributed by atoms with Crippen LogP contribution in [0.4, 0.5) is 0 Å². The molecule has 0 amide bonds. The van der Waals surface area contributed by atoms with Crippen molar-refractivity contribution in [1.29, 1.82) is 0 Å². The van der Waals surface area contributed by atoms with Crippen LogP contribution in [0, 0.1) is 5.41 Å². The molecule has 1 aromatic rings.